The van der Waals surface area contributed by atoms with Crippen LogP contribution in [0.2, 0.25) is 0 Å². The van der Waals surface area contributed by atoms with Crippen LogP contribution in [0.25, 0.3) is 0 Å². The summed E-state index contributed by atoms with van der Waals surface area (Å²) in [4.78, 5) is 13.0. The van der Waals surface area contributed by atoms with Crippen LogP contribution in [0.3, 0.4) is 0 Å². The summed E-state index contributed by atoms with van der Waals surface area (Å²) in [6.45, 7) is 8.20. The molecule has 1 saturated carbocycles. The zero-order valence-electron chi connectivity index (χ0n) is 16.0. The van der Waals surface area contributed by atoms with Gasteiger partial charge in [-0.3, -0.25) is 4.79 Å². The average Bonchev–Trinajstić information content (AvgIpc) is 3.03. The molecular formula is C20H29NO4S. The molecule has 3 rings (SSSR count). The molecule has 1 aliphatic carbocycles. The van der Waals surface area contributed by atoms with E-state index in [1.807, 2.05) is 27.7 Å². The van der Waals surface area contributed by atoms with Crippen molar-refractivity contribution in [3.8, 4) is 0 Å². The van der Waals surface area contributed by atoms with Gasteiger partial charge in [-0.25, -0.2) is 8.42 Å². The lowest BCUT2D eigenvalue weighted by atomic mass is 9.80. The molecule has 0 N–H and O–H groups in total. The maximum Gasteiger partial charge on any atom is 0.245 e. The van der Waals surface area contributed by atoms with Crippen molar-refractivity contribution in [2.75, 3.05) is 6.61 Å². The zero-order valence-corrected chi connectivity index (χ0v) is 16.8. The lowest BCUT2D eigenvalue weighted by Gasteiger charge is -2.35. The highest BCUT2D eigenvalue weighted by Gasteiger charge is 2.50. The van der Waals surface area contributed by atoms with Crippen molar-refractivity contribution in [1.29, 1.82) is 0 Å². The van der Waals surface area contributed by atoms with Crippen LogP contribution in [0.4, 0.5) is 0 Å². The van der Waals surface area contributed by atoms with E-state index in [0.29, 0.717) is 13.0 Å². The van der Waals surface area contributed by atoms with E-state index in [-0.39, 0.29) is 34.5 Å². The number of rotatable bonds is 4. The fourth-order valence-electron chi connectivity index (χ4n) is 4.04. The Morgan fingerprint density at radius 2 is 1.81 bits per heavy atom. The number of Topliss-reactive ketones (excluding diaryl/α,β-unsaturated/α-hetero) is 1. The van der Waals surface area contributed by atoms with Gasteiger partial charge < -0.3 is 4.74 Å². The highest BCUT2D eigenvalue weighted by Crippen LogP contribution is 2.38. The number of aryl methyl sites for hydroxylation is 1. The first-order chi connectivity index (χ1) is 12.2. The molecule has 1 heterocycles. The Bertz CT molecular complexity index is 757. The largest absolute Gasteiger partial charge is 0.360 e. The van der Waals surface area contributed by atoms with Gasteiger partial charge in [0.25, 0.3) is 0 Å². The molecule has 144 valence electrons. The number of ether oxygens (including phenoxy) is 1. The molecule has 4 atom stereocenters. The predicted molar refractivity (Wildman–Crippen MR) is 100 cm³/mol. The van der Waals surface area contributed by atoms with Crippen molar-refractivity contribution in [3.63, 3.8) is 0 Å². The highest BCUT2D eigenvalue weighted by atomic mass is 32.2. The number of benzene rings is 1. The summed E-state index contributed by atoms with van der Waals surface area (Å²) in [5.74, 6) is -0.159. The maximum atomic E-state index is 13.4. The molecule has 2 unspecified atom stereocenters. The second kappa shape index (κ2) is 7.41. The molecule has 5 nitrogen and oxygen atoms in total. The van der Waals surface area contributed by atoms with Crippen molar-refractivity contribution < 1.29 is 17.9 Å². The normalized spacial score (nSPS) is 30.9. The number of carbonyl (C=O) groups excluding carboxylic acids is 1. The summed E-state index contributed by atoms with van der Waals surface area (Å²) >= 11 is 0. The van der Waals surface area contributed by atoms with Crippen molar-refractivity contribution in [2.45, 2.75) is 64.1 Å². The van der Waals surface area contributed by atoms with E-state index in [0.717, 1.165) is 18.4 Å². The van der Waals surface area contributed by atoms with Crippen LogP contribution < -0.4 is 0 Å². The third-order valence-corrected chi connectivity index (χ3v) is 7.63. The number of nitrogens with zero attached hydrogens (tertiary/aromatic N) is 1. The first-order valence-electron chi connectivity index (χ1n) is 9.49. The van der Waals surface area contributed by atoms with Crippen LogP contribution in [0.1, 0.15) is 45.6 Å². The smallest absolute Gasteiger partial charge is 0.245 e. The Labute approximate surface area is 156 Å². The fourth-order valence-corrected chi connectivity index (χ4v) is 5.90. The first kappa shape index (κ1) is 19.5. The van der Waals surface area contributed by atoms with Crippen LogP contribution in [-0.2, 0) is 19.6 Å². The van der Waals surface area contributed by atoms with Crippen LogP contribution in [0, 0.1) is 24.7 Å². The third kappa shape index (κ3) is 3.47. The lowest BCUT2D eigenvalue weighted by Crippen LogP contribution is -2.50. The molecule has 2 fully saturated rings. The van der Waals surface area contributed by atoms with Crippen LogP contribution in [0.5, 0.6) is 0 Å². The second-order valence-corrected chi connectivity index (χ2v) is 9.87. The van der Waals surface area contributed by atoms with E-state index >= 15 is 0 Å². The van der Waals surface area contributed by atoms with Gasteiger partial charge in [0.1, 0.15) is 12.0 Å². The number of hydrogen-bond acceptors (Lipinski definition) is 4. The van der Waals surface area contributed by atoms with E-state index in [9.17, 15) is 13.2 Å². The number of carbonyl (C=O) groups is 1. The van der Waals surface area contributed by atoms with Gasteiger partial charge in [0.2, 0.25) is 10.0 Å². The molecule has 1 aromatic carbocycles. The van der Waals surface area contributed by atoms with Gasteiger partial charge >= 0.3 is 0 Å². The van der Waals surface area contributed by atoms with Gasteiger partial charge in [0, 0.05) is 5.92 Å². The standard InChI is InChI=1S/C20H29NO4S/c1-13(2)18-12-25-20(17-7-5-6-15(4)19(17)22)21(18)26(23,24)16-10-8-14(3)9-11-16/h8-11,13,15,17-18,20H,5-7,12H2,1-4H3/t15?,17?,18-,20+/m1/s1. The van der Waals surface area contributed by atoms with E-state index in [4.69, 9.17) is 4.74 Å². The highest BCUT2D eigenvalue weighted by molar-refractivity contribution is 7.89. The van der Waals surface area contributed by atoms with Crippen LogP contribution >= 0.6 is 0 Å². The third-order valence-electron chi connectivity index (χ3n) is 5.73. The second-order valence-electron chi connectivity index (χ2n) is 8.02. The molecule has 6 heteroatoms. The fraction of sp³-hybridized carbons (Fsp3) is 0.650. The SMILES string of the molecule is Cc1ccc(S(=O)(=O)N2[C@@H](C(C)C)CO[C@H]2C2CCCC(C)C2=O)cc1. The molecule has 0 bridgehead atoms. The minimum atomic E-state index is -3.73. The van der Waals surface area contributed by atoms with Gasteiger partial charge in [-0.15, -0.1) is 0 Å². The molecule has 0 amide bonds. The number of ketones is 1. The Hall–Kier alpha value is -1.24. The molecule has 0 spiro atoms. The minimum absolute atomic E-state index is 0.0284. The van der Waals surface area contributed by atoms with Gasteiger partial charge in [-0.05, 0) is 37.8 Å². The Balaban J connectivity index is 2.00. The lowest BCUT2D eigenvalue weighted by molar-refractivity contribution is -0.135. The summed E-state index contributed by atoms with van der Waals surface area (Å²) in [6.07, 6.45) is 1.81. The summed E-state index contributed by atoms with van der Waals surface area (Å²) in [6, 6.07) is 6.64. The molecule has 0 radical (unpaired) electrons. The number of sulfonamides is 1. The first-order valence-corrected chi connectivity index (χ1v) is 10.9. The van der Waals surface area contributed by atoms with Crippen molar-refractivity contribution >= 4 is 15.8 Å². The van der Waals surface area contributed by atoms with Gasteiger partial charge in [-0.1, -0.05) is 44.9 Å². The average molecular weight is 380 g/mol. The predicted octanol–water partition coefficient (Wildman–Crippen LogP) is 3.37. The molecule has 0 aromatic heterocycles. The summed E-state index contributed by atoms with van der Waals surface area (Å²) in [5.41, 5.74) is 1.01. The summed E-state index contributed by atoms with van der Waals surface area (Å²) in [7, 11) is -3.73. The van der Waals surface area contributed by atoms with Crippen molar-refractivity contribution in [2.24, 2.45) is 17.8 Å². The molecule has 2 aliphatic rings. The Kier molecular flexibility index (Phi) is 5.56. The molecule has 1 aromatic rings. The quantitative estimate of drug-likeness (QED) is 0.805. The van der Waals surface area contributed by atoms with E-state index in [2.05, 4.69) is 0 Å². The van der Waals surface area contributed by atoms with Crippen molar-refractivity contribution in [3.05, 3.63) is 29.8 Å². The van der Waals surface area contributed by atoms with Gasteiger partial charge in [0.15, 0.2) is 0 Å². The van der Waals surface area contributed by atoms with Crippen molar-refractivity contribution in [1.82, 2.24) is 4.31 Å². The number of hydrogen-bond donors (Lipinski definition) is 0. The van der Waals surface area contributed by atoms with E-state index < -0.39 is 16.3 Å². The molecule has 26 heavy (non-hydrogen) atoms. The van der Waals surface area contributed by atoms with Crippen LogP contribution in [0.15, 0.2) is 29.2 Å². The van der Waals surface area contributed by atoms with Gasteiger partial charge in [-0.2, -0.15) is 4.31 Å². The Morgan fingerprint density at radius 3 is 2.42 bits per heavy atom. The maximum absolute atomic E-state index is 13.4. The van der Waals surface area contributed by atoms with E-state index in [1.54, 1.807) is 24.3 Å². The molecule has 1 aliphatic heterocycles. The topological polar surface area (TPSA) is 63.7 Å². The Morgan fingerprint density at radius 1 is 1.15 bits per heavy atom. The van der Waals surface area contributed by atoms with Gasteiger partial charge in [0.05, 0.1) is 23.5 Å². The minimum Gasteiger partial charge on any atom is -0.360 e. The molecular weight excluding hydrogens is 350 g/mol. The summed E-state index contributed by atoms with van der Waals surface area (Å²) in [5, 5.41) is 0. The van der Waals surface area contributed by atoms with Crippen LogP contribution in [-0.4, -0.2) is 37.4 Å². The zero-order chi connectivity index (χ0) is 19.1. The van der Waals surface area contributed by atoms with E-state index in [1.165, 1.54) is 4.31 Å². The summed E-state index contributed by atoms with van der Waals surface area (Å²) < 4.78 is 34.3. The monoisotopic (exact) mass is 379 g/mol. The molecule has 1 saturated heterocycles.